The molecule has 0 aromatic heterocycles. The van der Waals surface area contributed by atoms with Crippen LogP contribution in [-0.4, -0.2) is 25.9 Å². The molecule has 104 valence electrons. The third-order valence-corrected chi connectivity index (χ3v) is 5.75. The van der Waals surface area contributed by atoms with Crippen LogP contribution in [0.25, 0.3) is 0 Å². The Morgan fingerprint density at radius 1 is 1.21 bits per heavy atom. The molecule has 0 aliphatic carbocycles. The minimum atomic E-state index is -3.26. The van der Waals surface area contributed by atoms with Crippen LogP contribution in [-0.2, 0) is 9.84 Å². The Hall–Kier alpha value is -1.16. The molecule has 1 aliphatic heterocycles. The van der Waals surface area contributed by atoms with Crippen LogP contribution in [0.5, 0.6) is 0 Å². The number of benzene rings is 1. The van der Waals surface area contributed by atoms with E-state index in [9.17, 15) is 8.42 Å². The summed E-state index contributed by atoms with van der Waals surface area (Å²) < 4.78 is 25.2. The second kappa shape index (κ2) is 6.33. The molecule has 1 unspecified atom stereocenters. The predicted octanol–water partition coefficient (Wildman–Crippen LogP) is 3.25. The largest absolute Gasteiger partial charge is 0.293 e. The Morgan fingerprint density at radius 2 is 1.95 bits per heavy atom. The van der Waals surface area contributed by atoms with E-state index in [1.807, 2.05) is 6.07 Å². The van der Waals surface area contributed by atoms with Crippen molar-refractivity contribution in [3.8, 4) is 0 Å². The van der Waals surface area contributed by atoms with E-state index in [0.29, 0.717) is 17.9 Å². The van der Waals surface area contributed by atoms with Gasteiger partial charge in [0.25, 0.3) is 0 Å². The maximum absolute atomic E-state index is 12.6. The lowest BCUT2D eigenvalue weighted by Gasteiger charge is -2.14. The van der Waals surface area contributed by atoms with Gasteiger partial charge < -0.3 is 0 Å². The molecular formula is C15H21NO2S. The highest BCUT2D eigenvalue weighted by Crippen LogP contribution is 2.25. The van der Waals surface area contributed by atoms with E-state index >= 15 is 0 Å². The second-order valence-electron chi connectivity index (χ2n) is 4.97. The maximum atomic E-state index is 12.6. The summed E-state index contributed by atoms with van der Waals surface area (Å²) in [6.45, 7) is 2.80. The van der Waals surface area contributed by atoms with Crippen molar-refractivity contribution in [1.82, 2.24) is 0 Å². The predicted molar refractivity (Wildman–Crippen MR) is 78.5 cm³/mol. The summed E-state index contributed by atoms with van der Waals surface area (Å²) in [5, 5.41) is -0.397. The molecule has 3 nitrogen and oxygen atoms in total. The molecular weight excluding hydrogens is 258 g/mol. The monoisotopic (exact) mass is 279 g/mol. The van der Waals surface area contributed by atoms with Gasteiger partial charge in [-0.1, -0.05) is 38.0 Å². The molecule has 0 amide bonds. The molecule has 0 saturated carbocycles. The van der Waals surface area contributed by atoms with Crippen LogP contribution >= 0.6 is 0 Å². The number of unbranched alkanes of at least 4 members (excludes halogenated alkanes) is 2. The number of rotatable bonds is 6. The molecule has 0 saturated heterocycles. The Morgan fingerprint density at radius 3 is 2.63 bits per heavy atom. The van der Waals surface area contributed by atoms with E-state index in [-0.39, 0.29) is 0 Å². The first-order chi connectivity index (χ1) is 9.16. The lowest BCUT2D eigenvalue weighted by molar-refractivity contribution is 0.589. The maximum Gasteiger partial charge on any atom is 0.186 e. The zero-order chi connectivity index (χ0) is 13.7. The molecule has 1 aromatic carbocycles. The Bertz CT molecular complexity index is 535. The van der Waals surface area contributed by atoms with E-state index in [1.54, 1.807) is 24.3 Å². The molecule has 0 fully saturated rings. The first kappa shape index (κ1) is 14.3. The summed E-state index contributed by atoms with van der Waals surface area (Å²) in [6, 6.07) is 8.74. The molecule has 1 atom stereocenters. The highest BCUT2D eigenvalue weighted by atomic mass is 32.2. The first-order valence-corrected chi connectivity index (χ1v) is 8.53. The molecule has 0 spiro atoms. The van der Waals surface area contributed by atoms with Crippen LogP contribution in [0.3, 0.4) is 0 Å². The Kier molecular flexibility index (Phi) is 4.75. The average molecular weight is 279 g/mol. The van der Waals surface area contributed by atoms with Gasteiger partial charge in [-0.05, 0) is 31.4 Å². The van der Waals surface area contributed by atoms with Gasteiger partial charge in [-0.3, -0.25) is 4.99 Å². The van der Waals surface area contributed by atoms with Gasteiger partial charge >= 0.3 is 0 Å². The smallest absolute Gasteiger partial charge is 0.186 e. The molecule has 0 N–H and O–H groups in total. The topological polar surface area (TPSA) is 46.5 Å². The fourth-order valence-corrected chi connectivity index (χ4v) is 4.33. The fraction of sp³-hybridized carbons (Fsp3) is 0.533. The summed E-state index contributed by atoms with van der Waals surface area (Å²) in [7, 11) is -3.26. The van der Waals surface area contributed by atoms with E-state index < -0.39 is 15.1 Å². The van der Waals surface area contributed by atoms with E-state index in [2.05, 4.69) is 11.9 Å². The van der Waals surface area contributed by atoms with Gasteiger partial charge in [0.05, 0.1) is 4.90 Å². The Balaban J connectivity index is 2.15. The van der Waals surface area contributed by atoms with Gasteiger partial charge in [-0.2, -0.15) is 0 Å². The molecule has 4 heteroatoms. The number of nitrogens with zero attached hydrogens (tertiary/aromatic N) is 1. The van der Waals surface area contributed by atoms with Crippen molar-refractivity contribution >= 4 is 15.5 Å². The Labute approximate surface area is 115 Å². The van der Waals surface area contributed by atoms with Crippen molar-refractivity contribution in [3.05, 3.63) is 30.3 Å². The van der Waals surface area contributed by atoms with Gasteiger partial charge in [0.2, 0.25) is 0 Å². The fourth-order valence-electron chi connectivity index (χ4n) is 2.50. The van der Waals surface area contributed by atoms with E-state index in [4.69, 9.17) is 0 Å². The molecule has 0 radical (unpaired) electrons. The van der Waals surface area contributed by atoms with E-state index in [1.165, 1.54) is 0 Å². The lowest BCUT2D eigenvalue weighted by Crippen LogP contribution is -2.27. The van der Waals surface area contributed by atoms with Crippen molar-refractivity contribution in [2.45, 2.75) is 49.2 Å². The van der Waals surface area contributed by atoms with Gasteiger partial charge in [0.15, 0.2) is 9.84 Å². The molecule has 0 bridgehead atoms. The van der Waals surface area contributed by atoms with Crippen LogP contribution in [0.4, 0.5) is 0 Å². The van der Waals surface area contributed by atoms with Crippen LogP contribution < -0.4 is 0 Å². The summed E-state index contributed by atoms with van der Waals surface area (Å²) in [6.07, 6.45) is 4.78. The third-order valence-electron chi connectivity index (χ3n) is 3.56. The van der Waals surface area contributed by atoms with Crippen molar-refractivity contribution in [2.24, 2.45) is 4.99 Å². The van der Waals surface area contributed by atoms with E-state index in [0.717, 1.165) is 31.4 Å². The SMILES string of the molecule is CCCCCC1=NCCC1S(=O)(=O)c1ccccc1. The minimum Gasteiger partial charge on any atom is -0.293 e. The zero-order valence-corrected chi connectivity index (χ0v) is 12.2. The van der Waals surface area contributed by atoms with Gasteiger partial charge in [0.1, 0.15) is 5.25 Å². The van der Waals surface area contributed by atoms with Crippen LogP contribution in [0.15, 0.2) is 40.2 Å². The summed E-state index contributed by atoms with van der Waals surface area (Å²) in [5.74, 6) is 0. The van der Waals surface area contributed by atoms with Crippen molar-refractivity contribution in [1.29, 1.82) is 0 Å². The van der Waals surface area contributed by atoms with Crippen LogP contribution in [0, 0.1) is 0 Å². The molecule has 19 heavy (non-hydrogen) atoms. The van der Waals surface area contributed by atoms with Crippen LogP contribution in [0.2, 0.25) is 0 Å². The zero-order valence-electron chi connectivity index (χ0n) is 11.4. The summed E-state index contributed by atoms with van der Waals surface area (Å²) in [4.78, 5) is 4.84. The molecule has 1 heterocycles. The van der Waals surface area contributed by atoms with Gasteiger partial charge in [0, 0.05) is 12.3 Å². The normalized spacial score (nSPS) is 19.4. The first-order valence-electron chi connectivity index (χ1n) is 6.98. The summed E-state index contributed by atoms with van der Waals surface area (Å²) >= 11 is 0. The third kappa shape index (κ3) is 3.24. The standard InChI is InChI=1S/C15H21NO2S/c1-2-3-5-10-14-15(11-12-16-14)19(17,18)13-8-6-4-7-9-13/h4,6-9,15H,2-3,5,10-12H2,1H3. The number of aliphatic imine (C=N–C) groups is 1. The highest BCUT2D eigenvalue weighted by Gasteiger charge is 2.33. The van der Waals surface area contributed by atoms with Gasteiger partial charge in [-0.15, -0.1) is 0 Å². The number of sulfone groups is 1. The van der Waals surface area contributed by atoms with Crippen molar-refractivity contribution in [3.63, 3.8) is 0 Å². The molecule has 1 aliphatic rings. The van der Waals surface area contributed by atoms with Crippen LogP contribution in [0.1, 0.15) is 39.0 Å². The van der Waals surface area contributed by atoms with Crippen molar-refractivity contribution in [2.75, 3.05) is 6.54 Å². The quantitative estimate of drug-likeness (QED) is 0.750. The summed E-state index contributed by atoms with van der Waals surface area (Å²) in [5.41, 5.74) is 0.886. The minimum absolute atomic E-state index is 0.397. The number of hydrogen-bond donors (Lipinski definition) is 0. The molecule has 1 aromatic rings. The van der Waals surface area contributed by atoms with Crippen molar-refractivity contribution < 1.29 is 8.42 Å². The van der Waals surface area contributed by atoms with Gasteiger partial charge in [-0.25, -0.2) is 8.42 Å². The number of hydrogen-bond acceptors (Lipinski definition) is 3. The molecule has 2 rings (SSSR count). The second-order valence-corrected chi connectivity index (χ2v) is 7.10. The lowest BCUT2D eigenvalue weighted by atomic mass is 10.1. The average Bonchev–Trinajstić information content (AvgIpc) is 2.89. The highest BCUT2D eigenvalue weighted by molar-refractivity contribution is 7.92.